The zero-order chi connectivity index (χ0) is 17.6. The molecule has 2 fully saturated rings. The van der Waals surface area contributed by atoms with Gasteiger partial charge in [0.1, 0.15) is 5.52 Å². The molecule has 0 spiro atoms. The lowest BCUT2D eigenvalue weighted by Gasteiger charge is -2.39. The molecule has 3 heterocycles. The van der Waals surface area contributed by atoms with Crippen LogP contribution in [0.4, 0.5) is 10.6 Å². The van der Waals surface area contributed by atoms with E-state index in [0.717, 1.165) is 37.3 Å². The summed E-state index contributed by atoms with van der Waals surface area (Å²) >= 11 is 0. The molecular formula is C18H26N6O. The van der Waals surface area contributed by atoms with Crippen LogP contribution < -0.4 is 4.90 Å². The molecule has 7 heteroatoms. The van der Waals surface area contributed by atoms with Crippen LogP contribution in [0.3, 0.4) is 0 Å². The number of rotatable bonds is 3. The van der Waals surface area contributed by atoms with Gasteiger partial charge >= 0.3 is 6.03 Å². The molecule has 0 N–H and O–H groups in total. The summed E-state index contributed by atoms with van der Waals surface area (Å²) in [7, 11) is 5.50. The van der Waals surface area contributed by atoms with Crippen LogP contribution in [0.5, 0.6) is 0 Å². The smallest absolute Gasteiger partial charge is 0.319 e. The van der Waals surface area contributed by atoms with Gasteiger partial charge in [0.15, 0.2) is 5.82 Å². The number of carbonyl (C=O) groups excluding carboxylic acids is 1. The quantitative estimate of drug-likeness (QED) is 0.858. The maximum absolute atomic E-state index is 12.3. The van der Waals surface area contributed by atoms with Crippen LogP contribution in [-0.2, 0) is 0 Å². The van der Waals surface area contributed by atoms with Crippen LogP contribution in [0.2, 0.25) is 0 Å². The van der Waals surface area contributed by atoms with Crippen LogP contribution in [0.15, 0.2) is 18.5 Å². The predicted octanol–water partition coefficient (Wildman–Crippen LogP) is 2.19. The summed E-state index contributed by atoms with van der Waals surface area (Å²) in [6.07, 6.45) is 8.33. The monoisotopic (exact) mass is 342 g/mol. The first kappa shape index (κ1) is 16.2. The zero-order valence-electron chi connectivity index (χ0n) is 15.2. The van der Waals surface area contributed by atoms with E-state index in [0.29, 0.717) is 5.92 Å². The van der Waals surface area contributed by atoms with E-state index in [1.165, 1.54) is 18.5 Å². The molecule has 7 nitrogen and oxygen atoms in total. The van der Waals surface area contributed by atoms with Crippen molar-refractivity contribution in [1.29, 1.82) is 0 Å². The molecule has 1 saturated heterocycles. The van der Waals surface area contributed by atoms with Crippen molar-refractivity contribution in [3.63, 3.8) is 0 Å². The number of hydrogen-bond donors (Lipinski definition) is 0. The molecule has 134 valence electrons. The van der Waals surface area contributed by atoms with Crippen molar-refractivity contribution >= 4 is 17.4 Å². The van der Waals surface area contributed by atoms with Crippen molar-refractivity contribution in [1.82, 2.24) is 24.4 Å². The molecule has 2 aromatic rings. The number of hydrogen-bond acceptors (Lipinski definition) is 4. The first-order valence-electron chi connectivity index (χ1n) is 9.08. The van der Waals surface area contributed by atoms with E-state index in [2.05, 4.69) is 16.0 Å². The van der Waals surface area contributed by atoms with Gasteiger partial charge in [-0.25, -0.2) is 14.3 Å². The first-order chi connectivity index (χ1) is 12.0. The minimum absolute atomic E-state index is 0.0541. The highest BCUT2D eigenvalue weighted by Gasteiger charge is 2.30. The minimum atomic E-state index is 0.0541. The van der Waals surface area contributed by atoms with Gasteiger partial charge in [-0.05, 0) is 31.7 Å². The number of fused-ring (bicyclic) bond motifs is 1. The Kier molecular flexibility index (Phi) is 4.01. The molecule has 0 aromatic carbocycles. The Balaban J connectivity index is 1.59. The lowest BCUT2D eigenvalue weighted by molar-refractivity contribution is 0.157. The van der Waals surface area contributed by atoms with Gasteiger partial charge in [-0.3, -0.25) is 0 Å². The molecule has 2 aromatic heterocycles. The molecular weight excluding hydrogens is 316 g/mol. The summed E-state index contributed by atoms with van der Waals surface area (Å²) in [5.41, 5.74) is 2.26. The van der Waals surface area contributed by atoms with Gasteiger partial charge in [-0.1, -0.05) is 0 Å². The van der Waals surface area contributed by atoms with Gasteiger partial charge in [0.05, 0.1) is 11.7 Å². The number of urea groups is 1. The van der Waals surface area contributed by atoms with Gasteiger partial charge in [0, 0.05) is 52.5 Å². The Morgan fingerprint density at radius 1 is 1.24 bits per heavy atom. The third kappa shape index (κ3) is 3.03. The molecule has 1 saturated carbocycles. The van der Waals surface area contributed by atoms with Gasteiger partial charge in [0.25, 0.3) is 0 Å². The Labute approximate surface area is 148 Å². The van der Waals surface area contributed by atoms with Crippen LogP contribution in [0.25, 0.3) is 5.52 Å². The molecule has 4 rings (SSSR count). The lowest BCUT2D eigenvalue weighted by Crippen LogP contribution is -2.51. The molecule has 0 radical (unpaired) electrons. The normalized spacial score (nSPS) is 20.8. The maximum Gasteiger partial charge on any atom is 0.319 e. The Morgan fingerprint density at radius 2 is 2.04 bits per heavy atom. The average Bonchev–Trinajstić information content (AvgIpc) is 3.38. The van der Waals surface area contributed by atoms with E-state index >= 15 is 0 Å². The van der Waals surface area contributed by atoms with E-state index in [1.54, 1.807) is 19.0 Å². The van der Waals surface area contributed by atoms with Crippen molar-refractivity contribution in [2.45, 2.75) is 37.6 Å². The molecule has 1 aliphatic heterocycles. The molecule has 2 aliphatic rings. The predicted molar refractivity (Wildman–Crippen MR) is 97.0 cm³/mol. The van der Waals surface area contributed by atoms with E-state index in [-0.39, 0.29) is 12.1 Å². The second-order valence-corrected chi connectivity index (χ2v) is 7.45. The highest BCUT2D eigenvalue weighted by molar-refractivity contribution is 5.74. The third-order valence-corrected chi connectivity index (χ3v) is 5.31. The van der Waals surface area contributed by atoms with E-state index < -0.39 is 0 Å². The first-order valence-corrected chi connectivity index (χ1v) is 9.08. The standard InChI is InChI=1S/C18H26N6O/c1-21(2)18(25)22(3)14-5-4-9-23(12-14)17-16-11-15(13-6-7-13)20-24(16)10-8-19-17/h8,10-11,13-14H,4-7,9,12H2,1-3H3. The molecule has 2 amide bonds. The lowest BCUT2D eigenvalue weighted by atomic mass is 10.0. The van der Waals surface area contributed by atoms with E-state index in [9.17, 15) is 4.79 Å². The summed E-state index contributed by atoms with van der Waals surface area (Å²) in [6, 6.07) is 2.45. The van der Waals surface area contributed by atoms with Crippen molar-refractivity contribution < 1.29 is 4.79 Å². The molecule has 1 aliphatic carbocycles. The fraction of sp³-hybridized carbons (Fsp3) is 0.611. The molecule has 1 unspecified atom stereocenters. The molecule has 1 atom stereocenters. The number of piperidine rings is 1. The largest absolute Gasteiger partial charge is 0.353 e. The summed E-state index contributed by atoms with van der Waals surface area (Å²) in [6.45, 7) is 1.78. The fourth-order valence-electron chi connectivity index (χ4n) is 3.68. The summed E-state index contributed by atoms with van der Waals surface area (Å²) in [5, 5.41) is 4.71. The molecule has 25 heavy (non-hydrogen) atoms. The van der Waals surface area contributed by atoms with Gasteiger partial charge in [0.2, 0.25) is 0 Å². The number of amides is 2. The Hall–Kier alpha value is -2.31. The Bertz CT molecular complexity index is 781. The van der Waals surface area contributed by atoms with Gasteiger partial charge in [-0.15, -0.1) is 0 Å². The summed E-state index contributed by atoms with van der Waals surface area (Å²) in [5.74, 6) is 1.61. The number of carbonyl (C=O) groups is 1. The fourth-order valence-corrected chi connectivity index (χ4v) is 3.68. The number of nitrogens with zero attached hydrogens (tertiary/aromatic N) is 6. The van der Waals surface area contributed by atoms with Crippen molar-refractivity contribution in [3.8, 4) is 0 Å². The van der Waals surface area contributed by atoms with Crippen molar-refractivity contribution in [2.75, 3.05) is 39.1 Å². The third-order valence-electron chi connectivity index (χ3n) is 5.31. The van der Waals surface area contributed by atoms with Crippen molar-refractivity contribution in [3.05, 3.63) is 24.2 Å². The second kappa shape index (κ2) is 6.20. The van der Waals surface area contributed by atoms with Crippen molar-refractivity contribution in [2.24, 2.45) is 0 Å². The highest BCUT2D eigenvalue weighted by atomic mass is 16.2. The van der Waals surface area contributed by atoms with Crippen LogP contribution in [0.1, 0.15) is 37.3 Å². The summed E-state index contributed by atoms with van der Waals surface area (Å²) < 4.78 is 1.95. The minimum Gasteiger partial charge on any atom is -0.353 e. The number of likely N-dealkylation sites (N-methyl/N-ethyl adjacent to an activating group) is 1. The Morgan fingerprint density at radius 3 is 2.76 bits per heavy atom. The zero-order valence-corrected chi connectivity index (χ0v) is 15.2. The maximum atomic E-state index is 12.3. The second-order valence-electron chi connectivity index (χ2n) is 7.45. The topological polar surface area (TPSA) is 57.0 Å². The SMILES string of the molecule is CN(C)C(=O)N(C)C1CCCN(c2nccn3nc(C4CC4)cc23)C1. The summed E-state index contributed by atoms with van der Waals surface area (Å²) in [4.78, 5) is 22.7. The van der Waals surface area contributed by atoms with Crippen LogP contribution >= 0.6 is 0 Å². The van der Waals surface area contributed by atoms with Crippen LogP contribution in [-0.4, -0.2) is 70.7 Å². The average molecular weight is 342 g/mol. The van der Waals surface area contributed by atoms with Gasteiger partial charge < -0.3 is 14.7 Å². The highest BCUT2D eigenvalue weighted by Crippen LogP contribution is 2.40. The van der Waals surface area contributed by atoms with E-state index in [4.69, 9.17) is 5.10 Å². The van der Waals surface area contributed by atoms with Gasteiger partial charge in [-0.2, -0.15) is 5.10 Å². The van der Waals surface area contributed by atoms with E-state index in [1.807, 2.05) is 28.9 Å². The molecule has 0 bridgehead atoms. The van der Waals surface area contributed by atoms with Crippen LogP contribution in [0, 0.1) is 0 Å². The number of anilines is 1. The number of aromatic nitrogens is 3.